The topological polar surface area (TPSA) is 12.0 Å². The highest BCUT2D eigenvalue weighted by Gasteiger charge is 2.05. The summed E-state index contributed by atoms with van der Waals surface area (Å²) in [5, 5.41) is 4.22. The summed E-state index contributed by atoms with van der Waals surface area (Å²) >= 11 is 9.51. The molecule has 100 valence electrons. The highest BCUT2D eigenvalue weighted by atomic mass is 79.9. The molecule has 0 aliphatic heterocycles. The van der Waals surface area contributed by atoms with Gasteiger partial charge in [-0.15, -0.1) is 0 Å². The van der Waals surface area contributed by atoms with Gasteiger partial charge in [-0.3, -0.25) is 0 Å². The largest absolute Gasteiger partial charge is 0.313 e. The van der Waals surface area contributed by atoms with Crippen molar-refractivity contribution in [2.45, 2.75) is 27.2 Å². The Kier molecular flexibility index (Phi) is 6.98. The average Bonchev–Trinajstić information content (AvgIpc) is 2.30. The SMILES string of the molecule is CCCNC/C(=C/c1ccc(Cl)cc1Br)C(C)C. The Morgan fingerprint density at radius 3 is 2.72 bits per heavy atom. The molecule has 18 heavy (non-hydrogen) atoms. The summed E-state index contributed by atoms with van der Waals surface area (Å²) in [4.78, 5) is 0. The van der Waals surface area contributed by atoms with Crippen LogP contribution < -0.4 is 5.32 Å². The van der Waals surface area contributed by atoms with Crippen LogP contribution in [0.2, 0.25) is 5.02 Å². The molecule has 0 radical (unpaired) electrons. The molecule has 0 saturated carbocycles. The van der Waals surface area contributed by atoms with E-state index in [0.717, 1.165) is 29.0 Å². The third-order valence-electron chi connectivity index (χ3n) is 2.80. The molecule has 0 saturated heterocycles. The first-order valence-corrected chi connectivity index (χ1v) is 7.58. The second kappa shape index (κ2) is 7.98. The van der Waals surface area contributed by atoms with E-state index in [-0.39, 0.29) is 0 Å². The van der Waals surface area contributed by atoms with Gasteiger partial charge in [0.05, 0.1) is 0 Å². The molecular weight excluding hydrogens is 310 g/mol. The Labute approximate surface area is 124 Å². The minimum absolute atomic E-state index is 0.539. The van der Waals surface area contributed by atoms with Crippen LogP contribution in [-0.2, 0) is 0 Å². The molecular formula is C15H21BrClN. The predicted octanol–water partition coefficient (Wildman–Crippen LogP) is 5.14. The Morgan fingerprint density at radius 1 is 1.44 bits per heavy atom. The van der Waals surface area contributed by atoms with Crippen LogP contribution in [0.5, 0.6) is 0 Å². The lowest BCUT2D eigenvalue weighted by molar-refractivity contribution is 0.657. The molecule has 1 aromatic rings. The molecule has 0 aliphatic rings. The van der Waals surface area contributed by atoms with Crippen LogP contribution >= 0.6 is 27.5 Å². The van der Waals surface area contributed by atoms with Crippen molar-refractivity contribution in [1.29, 1.82) is 0 Å². The fourth-order valence-corrected chi connectivity index (χ4v) is 2.45. The van der Waals surface area contributed by atoms with Crippen LogP contribution in [0.15, 0.2) is 28.2 Å². The van der Waals surface area contributed by atoms with E-state index in [2.05, 4.69) is 54.2 Å². The van der Waals surface area contributed by atoms with Crippen LogP contribution in [-0.4, -0.2) is 13.1 Å². The van der Waals surface area contributed by atoms with Gasteiger partial charge in [0.2, 0.25) is 0 Å². The normalized spacial score (nSPS) is 12.2. The van der Waals surface area contributed by atoms with Crippen molar-refractivity contribution in [2.24, 2.45) is 5.92 Å². The Morgan fingerprint density at radius 2 is 2.17 bits per heavy atom. The van der Waals surface area contributed by atoms with Crippen molar-refractivity contribution in [1.82, 2.24) is 5.32 Å². The summed E-state index contributed by atoms with van der Waals surface area (Å²) in [6, 6.07) is 5.91. The van der Waals surface area contributed by atoms with Crippen LogP contribution in [0.1, 0.15) is 32.8 Å². The van der Waals surface area contributed by atoms with Gasteiger partial charge in [-0.25, -0.2) is 0 Å². The fourth-order valence-electron chi connectivity index (χ4n) is 1.65. The second-order valence-corrected chi connectivity index (χ2v) is 6.01. The van der Waals surface area contributed by atoms with E-state index >= 15 is 0 Å². The van der Waals surface area contributed by atoms with E-state index in [0.29, 0.717) is 5.92 Å². The van der Waals surface area contributed by atoms with Gasteiger partial charge in [-0.1, -0.05) is 66.0 Å². The monoisotopic (exact) mass is 329 g/mol. The molecule has 1 rings (SSSR count). The van der Waals surface area contributed by atoms with Gasteiger partial charge >= 0.3 is 0 Å². The van der Waals surface area contributed by atoms with Crippen LogP contribution in [0.25, 0.3) is 6.08 Å². The third-order valence-corrected chi connectivity index (χ3v) is 3.72. The zero-order chi connectivity index (χ0) is 13.5. The van der Waals surface area contributed by atoms with E-state index in [1.54, 1.807) is 0 Å². The van der Waals surface area contributed by atoms with Gasteiger partial charge in [0.1, 0.15) is 0 Å². The van der Waals surface area contributed by atoms with Crippen molar-refractivity contribution in [3.63, 3.8) is 0 Å². The van der Waals surface area contributed by atoms with Crippen molar-refractivity contribution < 1.29 is 0 Å². The predicted molar refractivity (Wildman–Crippen MR) is 85.1 cm³/mol. The quantitative estimate of drug-likeness (QED) is 0.712. The molecule has 0 aromatic heterocycles. The minimum atomic E-state index is 0.539. The van der Waals surface area contributed by atoms with E-state index in [9.17, 15) is 0 Å². The van der Waals surface area contributed by atoms with Gasteiger partial charge in [-0.05, 0) is 36.6 Å². The van der Waals surface area contributed by atoms with Gasteiger partial charge in [0.25, 0.3) is 0 Å². The van der Waals surface area contributed by atoms with Gasteiger partial charge in [0.15, 0.2) is 0 Å². The van der Waals surface area contributed by atoms with Crippen LogP contribution in [0.4, 0.5) is 0 Å². The zero-order valence-electron chi connectivity index (χ0n) is 11.3. The lowest BCUT2D eigenvalue weighted by Gasteiger charge is -2.13. The number of rotatable bonds is 6. The first kappa shape index (κ1) is 15.7. The zero-order valence-corrected chi connectivity index (χ0v) is 13.6. The lowest BCUT2D eigenvalue weighted by atomic mass is 10.00. The first-order chi connectivity index (χ1) is 8.54. The molecule has 0 unspecified atom stereocenters. The number of hydrogen-bond acceptors (Lipinski definition) is 1. The summed E-state index contributed by atoms with van der Waals surface area (Å²) in [7, 11) is 0. The second-order valence-electron chi connectivity index (χ2n) is 4.72. The summed E-state index contributed by atoms with van der Waals surface area (Å²) in [5.41, 5.74) is 2.59. The van der Waals surface area contributed by atoms with Gasteiger partial charge in [-0.2, -0.15) is 0 Å². The van der Waals surface area contributed by atoms with Gasteiger partial charge in [0, 0.05) is 16.0 Å². The molecule has 1 N–H and O–H groups in total. The molecule has 0 heterocycles. The minimum Gasteiger partial charge on any atom is -0.313 e. The molecule has 0 aliphatic carbocycles. The van der Waals surface area contributed by atoms with Gasteiger partial charge < -0.3 is 5.32 Å². The molecule has 0 bridgehead atoms. The highest BCUT2D eigenvalue weighted by molar-refractivity contribution is 9.10. The van der Waals surface area contributed by atoms with Crippen molar-refractivity contribution in [2.75, 3.05) is 13.1 Å². The number of hydrogen-bond donors (Lipinski definition) is 1. The smallest absolute Gasteiger partial charge is 0.0417 e. The third kappa shape index (κ3) is 5.13. The average molecular weight is 331 g/mol. The van der Waals surface area contributed by atoms with Crippen molar-refractivity contribution >= 4 is 33.6 Å². The van der Waals surface area contributed by atoms with E-state index in [4.69, 9.17) is 11.6 Å². The van der Waals surface area contributed by atoms with Crippen molar-refractivity contribution in [3.8, 4) is 0 Å². The summed E-state index contributed by atoms with van der Waals surface area (Å²) < 4.78 is 1.05. The summed E-state index contributed by atoms with van der Waals surface area (Å²) in [6.07, 6.45) is 3.41. The summed E-state index contributed by atoms with van der Waals surface area (Å²) in [6.45, 7) is 8.64. The number of benzene rings is 1. The Bertz CT molecular complexity index is 413. The molecule has 3 heteroatoms. The fraction of sp³-hybridized carbons (Fsp3) is 0.467. The Hall–Kier alpha value is -0.310. The maximum absolute atomic E-state index is 5.96. The molecule has 0 spiro atoms. The maximum Gasteiger partial charge on any atom is 0.0417 e. The van der Waals surface area contributed by atoms with Crippen molar-refractivity contribution in [3.05, 3.63) is 38.8 Å². The van der Waals surface area contributed by atoms with Crippen LogP contribution in [0, 0.1) is 5.92 Å². The Balaban J connectivity index is 2.86. The molecule has 1 nitrogen and oxygen atoms in total. The van der Waals surface area contributed by atoms with E-state index < -0.39 is 0 Å². The van der Waals surface area contributed by atoms with E-state index in [1.165, 1.54) is 11.1 Å². The lowest BCUT2D eigenvalue weighted by Crippen LogP contribution is -2.19. The first-order valence-electron chi connectivity index (χ1n) is 6.40. The number of nitrogens with one attached hydrogen (secondary N) is 1. The molecule has 0 fully saturated rings. The number of halogens is 2. The maximum atomic E-state index is 5.96. The van der Waals surface area contributed by atoms with E-state index in [1.807, 2.05) is 12.1 Å². The summed E-state index contributed by atoms with van der Waals surface area (Å²) in [5.74, 6) is 0.539. The molecule has 0 atom stereocenters. The standard InChI is InChI=1S/C15H21BrClN/c1-4-7-18-10-13(11(2)3)8-12-5-6-14(17)9-15(12)16/h5-6,8-9,11,18H,4,7,10H2,1-3H3/b13-8-. The highest BCUT2D eigenvalue weighted by Crippen LogP contribution is 2.25. The van der Waals surface area contributed by atoms with Crippen LogP contribution in [0.3, 0.4) is 0 Å². The molecule has 1 aromatic carbocycles. The molecule has 0 amide bonds.